The van der Waals surface area contributed by atoms with Gasteiger partial charge >= 0.3 is 0 Å². The molecule has 1 heteroatoms. The maximum absolute atomic E-state index is 3.97. The summed E-state index contributed by atoms with van der Waals surface area (Å²) in [5.41, 5.74) is 0. The molecule has 42 heavy (non-hydrogen) atoms. The maximum atomic E-state index is 3.97. The van der Waals surface area contributed by atoms with Gasteiger partial charge in [-0.2, -0.15) is 0 Å². The molecule has 0 radical (unpaired) electrons. The Hall–Kier alpha value is 0.480. The largest absolute Gasteiger partial charge is 0.0891 e. The molecule has 0 aromatic rings. The molecule has 0 aliphatic heterocycles. The Morgan fingerprint density at radius 3 is 0.548 bits per heavy atom. The van der Waals surface area contributed by atoms with Gasteiger partial charge < -0.3 is 0 Å². The number of halogens is 1. The molecule has 0 fully saturated rings. The van der Waals surface area contributed by atoms with Crippen LogP contribution in [0.1, 0.15) is 258 Å². The van der Waals surface area contributed by atoms with Crippen molar-refractivity contribution in [3.63, 3.8) is 0 Å². The fraction of sp³-hybridized carbons (Fsp3) is 1.00. The zero-order chi connectivity index (χ0) is 30.4. The molecule has 0 rings (SSSR count). The molecule has 0 bridgehead atoms. The van der Waals surface area contributed by atoms with E-state index in [0.29, 0.717) is 0 Å². The molecule has 0 heterocycles. The Balaban J connectivity index is 3.12. The third kappa shape index (κ3) is 38.5. The summed E-state index contributed by atoms with van der Waals surface area (Å²) in [7, 11) is 0. The molecular weight excluding hydrogens is 572 g/mol. The average Bonchev–Trinajstić information content (AvgIpc) is 3.00. The van der Waals surface area contributed by atoms with Crippen LogP contribution in [-0.4, -0.2) is 4.83 Å². The number of hydrogen-bond donors (Lipinski definition) is 0. The lowest BCUT2D eigenvalue weighted by Crippen LogP contribution is -1.98. The molecule has 0 spiro atoms. The minimum atomic E-state index is 0.778. The van der Waals surface area contributed by atoms with E-state index in [0.717, 1.165) is 4.83 Å². The first-order valence-electron chi connectivity index (χ1n) is 20.4. The smallest absolute Gasteiger partial charge is 0.0145 e. The van der Waals surface area contributed by atoms with Gasteiger partial charge in [-0.3, -0.25) is 0 Å². The highest BCUT2D eigenvalue weighted by molar-refractivity contribution is 9.09. The summed E-state index contributed by atoms with van der Waals surface area (Å²) < 4.78 is 0. The van der Waals surface area contributed by atoms with E-state index in [-0.39, 0.29) is 0 Å². The van der Waals surface area contributed by atoms with E-state index in [9.17, 15) is 0 Å². The molecule has 1 unspecified atom stereocenters. The Bertz CT molecular complexity index is 446. The van der Waals surface area contributed by atoms with Crippen molar-refractivity contribution in [2.24, 2.45) is 0 Å². The zero-order valence-corrected chi connectivity index (χ0v) is 31.4. The van der Waals surface area contributed by atoms with E-state index in [1.54, 1.807) is 0 Å². The topological polar surface area (TPSA) is 0 Å². The quantitative estimate of drug-likeness (QED) is 0.0459. The van der Waals surface area contributed by atoms with Crippen molar-refractivity contribution in [1.82, 2.24) is 0 Å². The molecule has 0 aromatic carbocycles. The van der Waals surface area contributed by atoms with E-state index in [1.807, 2.05) is 0 Å². The van der Waals surface area contributed by atoms with Gasteiger partial charge in [0.15, 0.2) is 0 Å². The molecule has 0 aliphatic carbocycles. The van der Waals surface area contributed by atoms with Crippen molar-refractivity contribution in [3.8, 4) is 0 Å². The third-order valence-electron chi connectivity index (χ3n) is 9.74. The van der Waals surface area contributed by atoms with E-state index >= 15 is 0 Å². The number of rotatable bonds is 38. The van der Waals surface area contributed by atoms with Crippen molar-refractivity contribution < 1.29 is 0 Å². The van der Waals surface area contributed by atoms with Gasteiger partial charge in [-0.15, -0.1) is 0 Å². The minimum Gasteiger partial charge on any atom is -0.0891 e. The third-order valence-corrected chi connectivity index (χ3v) is 10.7. The highest BCUT2D eigenvalue weighted by Crippen LogP contribution is 2.20. The lowest BCUT2D eigenvalue weighted by Gasteiger charge is -2.09. The standard InChI is InChI=1S/C41H83Br/c1-3-5-7-9-11-13-15-17-18-19-20-21-22-23-24-25-26-28-30-32-34-36-38-40-41(42)39-37-35-33-31-29-27-16-14-12-10-8-6-4-2/h41H,3-40H2,1-2H3. The van der Waals surface area contributed by atoms with Crippen LogP contribution < -0.4 is 0 Å². The average molecular weight is 656 g/mol. The summed E-state index contributed by atoms with van der Waals surface area (Å²) in [5.74, 6) is 0. The Morgan fingerprint density at radius 2 is 0.381 bits per heavy atom. The predicted molar refractivity (Wildman–Crippen MR) is 200 cm³/mol. The van der Waals surface area contributed by atoms with Crippen molar-refractivity contribution in [2.45, 2.75) is 263 Å². The van der Waals surface area contributed by atoms with Gasteiger partial charge in [-0.25, -0.2) is 0 Å². The number of unbranched alkanes of at least 4 members (excludes halogenated alkanes) is 34. The minimum absolute atomic E-state index is 0.778. The summed E-state index contributed by atoms with van der Waals surface area (Å²) >= 11 is 3.97. The fourth-order valence-electron chi connectivity index (χ4n) is 6.68. The second kappa shape index (κ2) is 39.5. The second-order valence-electron chi connectivity index (χ2n) is 14.2. The van der Waals surface area contributed by atoms with Gasteiger partial charge in [0.05, 0.1) is 0 Å². The van der Waals surface area contributed by atoms with Crippen LogP contribution in [-0.2, 0) is 0 Å². The molecule has 0 saturated heterocycles. The Labute approximate surface area is 277 Å². The molecule has 0 nitrogen and oxygen atoms in total. The van der Waals surface area contributed by atoms with Crippen molar-refractivity contribution in [1.29, 1.82) is 0 Å². The first-order valence-corrected chi connectivity index (χ1v) is 21.4. The summed E-state index contributed by atoms with van der Waals surface area (Å²) in [5, 5.41) is 0. The SMILES string of the molecule is CCCCCCCCCCCCCCCCCCCCCCCCCC(Br)CCCCCCCCCCCCCCC. The van der Waals surface area contributed by atoms with Crippen LogP contribution >= 0.6 is 15.9 Å². The molecule has 0 amide bonds. The normalized spacial score (nSPS) is 12.4. The summed E-state index contributed by atoms with van der Waals surface area (Å²) in [6, 6.07) is 0. The molecule has 254 valence electrons. The molecule has 0 aromatic heterocycles. The van der Waals surface area contributed by atoms with Gasteiger partial charge in [0.1, 0.15) is 0 Å². The van der Waals surface area contributed by atoms with Crippen LogP contribution in [0, 0.1) is 0 Å². The molecule has 0 N–H and O–H groups in total. The first kappa shape index (κ1) is 42.5. The highest BCUT2D eigenvalue weighted by Gasteiger charge is 2.04. The van der Waals surface area contributed by atoms with Crippen molar-refractivity contribution in [2.75, 3.05) is 0 Å². The van der Waals surface area contributed by atoms with Gasteiger partial charge in [0.25, 0.3) is 0 Å². The van der Waals surface area contributed by atoms with Crippen molar-refractivity contribution >= 4 is 15.9 Å². The van der Waals surface area contributed by atoms with Crippen LogP contribution in [0.15, 0.2) is 0 Å². The van der Waals surface area contributed by atoms with Gasteiger partial charge in [-0.1, -0.05) is 261 Å². The van der Waals surface area contributed by atoms with E-state index in [2.05, 4.69) is 29.8 Å². The Kier molecular flexibility index (Phi) is 40.0. The number of hydrogen-bond acceptors (Lipinski definition) is 0. The van der Waals surface area contributed by atoms with E-state index in [1.165, 1.54) is 244 Å². The molecular formula is C41H83Br. The summed E-state index contributed by atoms with van der Waals surface area (Å²) in [6.07, 6.45) is 55.7. The monoisotopic (exact) mass is 655 g/mol. The predicted octanol–water partition coefficient (Wildman–Crippen LogP) is 16.6. The lowest BCUT2D eigenvalue weighted by molar-refractivity contribution is 0.513. The second-order valence-corrected chi connectivity index (χ2v) is 15.5. The van der Waals surface area contributed by atoms with E-state index in [4.69, 9.17) is 0 Å². The zero-order valence-electron chi connectivity index (χ0n) is 29.8. The fourth-order valence-corrected chi connectivity index (χ4v) is 7.33. The Morgan fingerprint density at radius 1 is 0.238 bits per heavy atom. The van der Waals surface area contributed by atoms with E-state index < -0.39 is 0 Å². The number of alkyl halides is 1. The van der Waals surface area contributed by atoms with Crippen LogP contribution in [0.5, 0.6) is 0 Å². The highest BCUT2D eigenvalue weighted by atomic mass is 79.9. The summed E-state index contributed by atoms with van der Waals surface area (Å²) in [6.45, 7) is 4.62. The van der Waals surface area contributed by atoms with Crippen LogP contribution in [0.25, 0.3) is 0 Å². The van der Waals surface area contributed by atoms with Crippen LogP contribution in [0.2, 0.25) is 0 Å². The van der Waals surface area contributed by atoms with Crippen LogP contribution in [0.3, 0.4) is 0 Å². The van der Waals surface area contributed by atoms with Crippen LogP contribution in [0.4, 0.5) is 0 Å². The van der Waals surface area contributed by atoms with Gasteiger partial charge in [0, 0.05) is 4.83 Å². The molecule has 0 aliphatic rings. The van der Waals surface area contributed by atoms with Gasteiger partial charge in [-0.05, 0) is 12.8 Å². The first-order chi connectivity index (χ1) is 20.8. The molecule has 1 atom stereocenters. The van der Waals surface area contributed by atoms with Crippen molar-refractivity contribution in [3.05, 3.63) is 0 Å². The van der Waals surface area contributed by atoms with Gasteiger partial charge in [0.2, 0.25) is 0 Å². The molecule has 0 saturated carbocycles. The lowest BCUT2D eigenvalue weighted by atomic mass is 10.0. The summed E-state index contributed by atoms with van der Waals surface area (Å²) in [4.78, 5) is 0.778. The maximum Gasteiger partial charge on any atom is 0.0145 e.